The maximum Gasteiger partial charge on any atom is 0.305 e. The van der Waals surface area contributed by atoms with Crippen LogP contribution in [-0.2, 0) is 22.4 Å². The van der Waals surface area contributed by atoms with Crippen LogP contribution in [0.2, 0.25) is 0 Å². The third kappa shape index (κ3) is 5.33. The predicted molar refractivity (Wildman–Crippen MR) is 125 cm³/mol. The largest absolute Gasteiger partial charge is 0.493 e. The molecule has 4 heteroatoms. The van der Waals surface area contributed by atoms with Crippen molar-refractivity contribution in [2.45, 2.75) is 19.3 Å². The fourth-order valence-corrected chi connectivity index (χ4v) is 3.72. The summed E-state index contributed by atoms with van der Waals surface area (Å²) >= 11 is 0. The summed E-state index contributed by atoms with van der Waals surface area (Å²) in [6, 6.07) is 27.1. The van der Waals surface area contributed by atoms with E-state index < -0.39 is 0 Å². The Balaban J connectivity index is 1.60. The van der Waals surface area contributed by atoms with E-state index in [1.165, 1.54) is 24.6 Å². The molecule has 0 aliphatic heterocycles. The van der Waals surface area contributed by atoms with Crippen LogP contribution in [0.25, 0.3) is 21.9 Å². The number of carbonyl (C=O) groups is 1. The topological polar surface area (TPSA) is 35.5 Å². The Labute approximate surface area is 187 Å². The number of fused-ring (bicyclic) bond motifs is 1. The van der Waals surface area contributed by atoms with Crippen LogP contribution in [0, 0.1) is 5.82 Å². The van der Waals surface area contributed by atoms with Crippen LogP contribution in [0.1, 0.15) is 17.5 Å². The Morgan fingerprint density at radius 3 is 2.34 bits per heavy atom. The summed E-state index contributed by atoms with van der Waals surface area (Å²) in [6.07, 6.45) is 1.61. The molecule has 4 rings (SSSR count). The van der Waals surface area contributed by atoms with Gasteiger partial charge in [0.2, 0.25) is 0 Å². The van der Waals surface area contributed by atoms with Gasteiger partial charge < -0.3 is 9.47 Å². The molecule has 0 saturated heterocycles. The monoisotopic (exact) mass is 428 g/mol. The number of rotatable bonds is 8. The van der Waals surface area contributed by atoms with Gasteiger partial charge in [0.05, 0.1) is 13.7 Å². The lowest BCUT2D eigenvalue weighted by molar-refractivity contribution is -0.140. The molecule has 0 unspecified atom stereocenters. The van der Waals surface area contributed by atoms with E-state index in [1.54, 1.807) is 12.1 Å². The van der Waals surface area contributed by atoms with Crippen LogP contribution in [-0.4, -0.2) is 19.7 Å². The second-order valence-corrected chi connectivity index (χ2v) is 7.69. The van der Waals surface area contributed by atoms with Gasteiger partial charge in [-0.2, -0.15) is 0 Å². The molecule has 162 valence electrons. The zero-order chi connectivity index (χ0) is 22.3. The van der Waals surface area contributed by atoms with E-state index >= 15 is 0 Å². The van der Waals surface area contributed by atoms with Crippen molar-refractivity contribution in [3.8, 4) is 16.9 Å². The molecular formula is C28H25FO3. The standard InChI is InChI=1S/C28H25FO3/c1-31-28(30)15-9-21-8-14-27(32-17-16-20-6-12-25(29)13-7-20)26(18-21)24-11-10-22-4-2-3-5-23(22)19-24/h2-8,10-14,18-19H,9,15-17H2,1H3. The first-order chi connectivity index (χ1) is 15.6. The van der Waals surface area contributed by atoms with Crippen LogP contribution in [0.5, 0.6) is 5.75 Å². The average molecular weight is 429 g/mol. The number of ether oxygens (including phenoxy) is 2. The molecule has 0 N–H and O–H groups in total. The molecule has 0 radical (unpaired) electrons. The zero-order valence-electron chi connectivity index (χ0n) is 18.0. The third-order valence-corrected chi connectivity index (χ3v) is 5.51. The number of esters is 1. The van der Waals surface area contributed by atoms with Gasteiger partial charge in [-0.15, -0.1) is 0 Å². The lowest BCUT2D eigenvalue weighted by Crippen LogP contribution is -2.04. The van der Waals surface area contributed by atoms with Gasteiger partial charge in [-0.25, -0.2) is 4.39 Å². The van der Waals surface area contributed by atoms with E-state index in [9.17, 15) is 9.18 Å². The SMILES string of the molecule is COC(=O)CCc1ccc(OCCc2ccc(F)cc2)c(-c2ccc3ccccc3c2)c1. The van der Waals surface area contributed by atoms with Crippen molar-refractivity contribution in [3.63, 3.8) is 0 Å². The highest BCUT2D eigenvalue weighted by Crippen LogP contribution is 2.33. The minimum Gasteiger partial charge on any atom is -0.493 e. The zero-order valence-corrected chi connectivity index (χ0v) is 18.0. The summed E-state index contributed by atoms with van der Waals surface area (Å²) in [4.78, 5) is 11.6. The van der Waals surface area contributed by atoms with E-state index in [2.05, 4.69) is 36.4 Å². The van der Waals surface area contributed by atoms with Crippen LogP contribution in [0.15, 0.2) is 84.9 Å². The van der Waals surface area contributed by atoms with E-state index in [-0.39, 0.29) is 11.8 Å². The molecule has 0 amide bonds. The van der Waals surface area contributed by atoms with Gasteiger partial charge in [0.15, 0.2) is 0 Å². The van der Waals surface area contributed by atoms with E-state index in [4.69, 9.17) is 9.47 Å². The summed E-state index contributed by atoms with van der Waals surface area (Å²) < 4.78 is 24.1. The quantitative estimate of drug-likeness (QED) is 0.306. The Morgan fingerprint density at radius 2 is 1.56 bits per heavy atom. The highest BCUT2D eigenvalue weighted by Gasteiger charge is 2.11. The molecule has 0 heterocycles. The van der Waals surface area contributed by atoms with E-state index in [0.29, 0.717) is 25.9 Å². The first kappa shape index (κ1) is 21.6. The first-order valence-corrected chi connectivity index (χ1v) is 10.7. The van der Waals surface area contributed by atoms with E-state index in [1.807, 2.05) is 24.3 Å². The lowest BCUT2D eigenvalue weighted by atomic mass is 9.97. The maximum atomic E-state index is 13.1. The highest BCUT2D eigenvalue weighted by molar-refractivity contribution is 5.88. The number of hydrogen-bond donors (Lipinski definition) is 0. The molecule has 0 atom stereocenters. The molecule has 4 aromatic rings. The summed E-state index contributed by atoms with van der Waals surface area (Å²) in [5, 5.41) is 2.33. The number of hydrogen-bond acceptors (Lipinski definition) is 3. The summed E-state index contributed by atoms with van der Waals surface area (Å²) in [5.74, 6) is 0.317. The van der Waals surface area contributed by atoms with Crippen molar-refractivity contribution in [1.82, 2.24) is 0 Å². The fourth-order valence-electron chi connectivity index (χ4n) is 3.72. The van der Waals surface area contributed by atoms with Crippen molar-refractivity contribution in [1.29, 1.82) is 0 Å². The Morgan fingerprint density at radius 1 is 0.812 bits per heavy atom. The minimum absolute atomic E-state index is 0.225. The Bertz CT molecular complexity index is 1220. The van der Waals surface area contributed by atoms with Crippen LogP contribution in [0.4, 0.5) is 4.39 Å². The predicted octanol–water partition coefficient (Wildman–Crippen LogP) is 6.37. The van der Waals surface area contributed by atoms with Crippen molar-refractivity contribution in [2.24, 2.45) is 0 Å². The second-order valence-electron chi connectivity index (χ2n) is 7.69. The van der Waals surface area contributed by atoms with Gasteiger partial charge in [-0.05, 0) is 64.2 Å². The lowest BCUT2D eigenvalue weighted by Gasteiger charge is -2.14. The van der Waals surface area contributed by atoms with Crippen molar-refractivity contribution < 1.29 is 18.7 Å². The Hall–Kier alpha value is -3.66. The van der Waals surface area contributed by atoms with E-state index in [0.717, 1.165) is 33.4 Å². The second kappa shape index (κ2) is 10.1. The van der Waals surface area contributed by atoms with Crippen molar-refractivity contribution in [2.75, 3.05) is 13.7 Å². The molecule has 0 aliphatic carbocycles. The molecule has 4 aromatic carbocycles. The van der Waals surface area contributed by atoms with Gasteiger partial charge in [0.1, 0.15) is 11.6 Å². The third-order valence-electron chi connectivity index (χ3n) is 5.51. The average Bonchev–Trinajstić information content (AvgIpc) is 2.84. The van der Waals surface area contributed by atoms with Crippen molar-refractivity contribution >= 4 is 16.7 Å². The summed E-state index contributed by atoms with van der Waals surface area (Å²) in [5.41, 5.74) is 4.11. The molecule has 32 heavy (non-hydrogen) atoms. The number of carbonyl (C=O) groups excluding carboxylic acids is 1. The molecule has 0 bridgehead atoms. The number of benzene rings is 4. The molecular weight excluding hydrogens is 403 g/mol. The number of methoxy groups -OCH3 is 1. The van der Waals surface area contributed by atoms with Crippen LogP contribution in [0.3, 0.4) is 0 Å². The normalized spacial score (nSPS) is 10.8. The van der Waals surface area contributed by atoms with Crippen LogP contribution < -0.4 is 4.74 Å². The van der Waals surface area contributed by atoms with Gasteiger partial charge >= 0.3 is 5.97 Å². The van der Waals surface area contributed by atoms with Gasteiger partial charge in [0.25, 0.3) is 0 Å². The molecule has 0 aromatic heterocycles. The molecule has 0 spiro atoms. The molecule has 3 nitrogen and oxygen atoms in total. The van der Waals surface area contributed by atoms with Gasteiger partial charge in [-0.3, -0.25) is 4.79 Å². The number of aryl methyl sites for hydroxylation is 1. The summed E-state index contributed by atoms with van der Waals surface area (Å²) in [6.45, 7) is 0.480. The van der Waals surface area contributed by atoms with Gasteiger partial charge in [0, 0.05) is 18.4 Å². The summed E-state index contributed by atoms with van der Waals surface area (Å²) in [7, 11) is 1.40. The number of halogens is 1. The first-order valence-electron chi connectivity index (χ1n) is 10.7. The fraction of sp³-hybridized carbons (Fsp3) is 0.179. The minimum atomic E-state index is -0.240. The highest BCUT2D eigenvalue weighted by atomic mass is 19.1. The smallest absolute Gasteiger partial charge is 0.305 e. The molecule has 0 aliphatic rings. The van der Waals surface area contributed by atoms with Crippen LogP contribution >= 0.6 is 0 Å². The maximum absolute atomic E-state index is 13.1. The molecule has 0 fully saturated rings. The van der Waals surface area contributed by atoms with Gasteiger partial charge in [-0.1, -0.05) is 54.6 Å². The van der Waals surface area contributed by atoms with Crippen molar-refractivity contribution in [3.05, 3.63) is 102 Å². The Kier molecular flexibility index (Phi) is 6.81. The molecule has 0 saturated carbocycles.